The summed E-state index contributed by atoms with van der Waals surface area (Å²) in [6, 6.07) is 9.50. The van der Waals surface area contributed by atoms with Gasteiger partial charge in [-0.3, -0.25) is 19.4 Å². The van der Waals surface area contributed by atoms with Gasteiger partial charge in [0, 0.05) is 63.5 Å². The van der Waals surface area contributed by atoms with Crippen LogP contribution in [0.2, 0.25) is 0 Å². The average molecular weight is 559 g/mol. The third kappa shape index (κ3) is 6.22. The van der Waals surface area contributed by atoms with Gasteiger partial charge in [-0.1, -0.05) is 12.6 Å². The molecule has 2 saturated heterocycles. The summed E-state index contributed by atoms with van der Waals surface area (Å²) < 4.78 is 5.74. The summed E-state index contributed by atoms with van der Waals surface area (Å²) in [6.07, 6.45) is 5.37. The van der Waals surface area contributed by atoms with Crippen LogP contribution < -0.4 is 25.3 Å². The van der Waals surface area contributed by atoms with E-state index in [1.54, 1.807) is 25.2 Å². The summed E-state index contributed by atoms with van der Waals surface area (Å²) in [5, 5.41) is 8.01. The molecular weight excluding hydrogens is 524 g/mol. The van der Waals surface area contributed by atoms with E-state index < -0.39 is 0 Å². The van der Waals surface area contributed by atoms with Gasteiger partial charge in [-0.15, -0.1) is 0 Å². The van der Waals surface area contributed by atoms with E-state index in [1.165, 1.54) is 12.4 Å². The summed E-state index contributed by atoms with van der Waals surface area (Å²) in [5.74, 6) is 1.40. The number of amides is 2. The highest BCUT2D eigenvalue weighted by Crippen LogP contribution is 2.40. The molecule has 41 heavy (non-hydrogen) atoms. The molecule has 0 spiro atoms. The Bertz CT molecular complexity index is 1420. The maximum atomic E-state index is 12.3. The Kier molecular flexibility index (Phi) is 8.29. The Morgan fingerprint density at radius 3 is 2.59 bits per heavy atom. The van der Waals surface area contributed by atoms with E-state index in [1.807, 2.05) is 36.2 Å². The van der Waals surface area contributed by atoms with E-state index in [2.05, 4.69) is 43.1 Å². The Hall–Kier alpha value is -4.71. The van der Waals surface area contributed by atoms with Gasteiger partial charge in [0.15, 0.2) is 5.82 Å². The van der Waals surface area contributed by atoms with Crippen molar-refractivity contribution in [2.45, 2.75) is 26.3 Å². The molecule has 4 heterocycles. The van der Waals surface area contributed by atoms with Crippen molar-refractivity contribution in [2.24, 2.45) is 0 Å². The molecule has 12 heteroatoms. The number of benzene rings is 1. The lowest BCUT2D eigenvalue weighted by Gasteiger charge is -2.36. The summed E-state index contributed by atoms with van der Waals surface area (Å²) in [6.45, 7) is 10.1. The van der Waals surface area contributed by atoms with Gasteiger partial charge in [0.2, 0.25) is 11.8 Å². The summed E-state index contributed by atoms with van der Waals surface area (Å²) in [5.41, 5.74) is 3.97. The van der Waals surface area contributed by atoms with Crippen molar-refractivity contribution < 1.29 is 19.2 Å². The van der Waals surface area contributed by atoms with Gasteiger partial charge < -0.3 is 25.2 Å². The Morgan fingerprint density at radius 2 is 1.90 bits per heavy atom. The van der Waals surface area contributed by atoms with E-state index in [0.717, 1.165) is 23.4 Å². The van der Waals surface area contributed by atoms with Crippen molar-refractivity contribution in [1.29, 1.82) is 0 Å². The maximum Gasteiger partial charge on any atom is 0.247 e. The monoisotopic (exact) mass is 558 g/mol. The van der Waals surface area contributed by atoms with Crippen molar-refractivity contribution in [3.8, 4) is 5.75 Å². The molecule has 2 fully saturated rings. The van der Waals surface area contributed by atoms with Gasteiger partial charge in [-0.2, -0.15) is 0 Å². The first-order chi connectivity index (χ1) is 19.9. The van der Waals surface area contributed by atoms with Gasteiger partial charge in [0.1, 0.15) is 17.9 Å². The van der Waals surface area contributed by atoms with Crippen molar-refractivity contribution in [1.82, 2.24) is 19.9 Å². The third-order valence-electron chi connectivity index (χ3n) is 7.19. The molecule has 2 amide bonds. The second-order valence-corrected chi connectivity index (χ2v) is 9.84. The predicted octanol–water partition coefficient (Wildman–Crippen LogP) is 3.61. The summed E-state index contributed by atoms with van der Waals surface area (Å²) >= 11 is 0. The van der Waals surface area contributed by atoms with Crippen LogP contribution >= 0.6 is 0 Å². The smallest absolute Gasteiger partial charge is 0.247 e. The van der Waals surface area contributed by atoms with Crippen molar-refractivity contribution >= 4 is 40.5 Å². The molecule has 0 radical (unpaired) electrons. The highest BCUT2D eigenvalue weighted by atomic mass is 16.7. The standard InChI is InChI=1S/C29H34N8O4/c1-5-29(39)34-22-14-23(26(40-4)15-25(22)36-11-9-35(10-12-36)20(3)38)33-27-16-28(32-18-31-27)37-24(8-13-41-37)21-7-6-19(2)30-17-21/h5-7,14-18,24H,1,8-13H2,2-4H3,(H,34,39)(H,31,32,33). The molecule has 3 aromatic rings. The Labute approximate surface area is 238 Å². The molecule has 0 saturated carbocycles. The maximum absolute atomic E-state index is 12.3. The lowest BCUT2D eigenvalue weighted by atomic mass is 10.1. The second-order valence-electron chi connectivity index (χ2n) is 9.84. The molecule has 1 aromatic carbocycles. The van der Waals surface area contributed by atoms with Crippen LogP contribution in [0.3, 0.4) is 0 Å². The topological polar surface area (TPSA) is 125 Å². The van der Waals surface area contributed by atoms with Crippen LogP contribution in [0.1, 0.15) is 30.6 Å². The van der Waals surface area contributed by atoms with Crippen molar-refractivity contribution in [3.05, 3.63) is 66.8 Å². The average Bonchev–Trinajstić information content (AvgIpc) is 3.48. The van der Waals surface area contributed by atoms with E-state index >= 15 is 0 Å². The van der Waals surface area contributed by atoms with E-state index in [4.69, 9.17) is 9.57 Å². The molecule has 2 aliphatic rings. The van der Waals surface area contributed by atoms with Crippen LogP contribution in [0.5, 0.6) is 5.75 Å². The van der Waals surface area contributed by atoms with E-state index in [0.29, 0.717) is 61.5 Å². The molecule has 0 aliphatic carbocycles. The van der Waals surface area contributed by atoms with Crippen LogP contribution in [0.15, 0.2) is 55.5 Å². The lowest BCUT2D eigenvalue weighted by Crippen LogP contribution is -2.48. The van der Waals surface area contributed by atoms with E-state index in [-0.39, 0.29) is 17.9 Å². The number of hydrogen-bond donors (Lipinski definition) is 2. The first-order valence-electron chi connectivity index (χ1n) is 13.5. The Morgan fingerprint density at radius 1 is 1.10 bits per heavy atom. The molecule has 0 bridgehead atoms. The number of hydroxylamine groups is 1. The van der Waals surface area contributed by atoms with Crippen LogP contribution in [0.25, 0.3) is 0 Å². The molecule has 2 aromatic heterocycles. The zero-order chi connectivity index (χ0) is 28.9. The molecule has 1 unspecified atom stereocenters. The fourth-order valence-electron chi connectivity index (χ4n) is 4.99. The molecule has 214 valence electrons. The number of piperazine rings is 1. The van der Waals surface area contributed by atoms with Gasteiger partial charge in [-0.05, 0) is 30.7 Å². The molecular formula is C29H34N8O4. The molecule has 5 rings (SSSR count). The van der Waals surface area contributed by atoms with Crippen LogP contribution in [-0.4, -0.2) is 71.6 Å². The Balaban J connectivity index is 1.42. The first kappa shape index (κ1) is 27.8. The number of nitrogens with one attached hydrogen (secondary N) is 2. The number of rotatable bonds is 8. The fourth-order valence-corrected chi connectivity index (χ4v) is 4.99. The molecule has 2 aliphatic heterocycles. The first-order valence-corrected chi connectivity index (χ1v) is 13.5. The SMILES string of the molecule is C=CC(=O)Nc1cc(Nc2cc(N3OCCC3c3ccc(C)nc3)ncn2)c(OC)cc1N1CCN(C(C)=O)CC1. The zero-order valence-electron chi connectivity index (χ0n) is 23.5. The summed E-state index contributed by atoms with van der Waals surface area (Å²) in [7, 11) is 1.59. The number of aryl methyl sites for hydroxylation is 1. The number of carbonyl (C=O) groups is 2. The number of hydrogen-bond acceptors (Lipinski definition) is 10. The number of carbonyl (C=O) groups excluding carboxylic acids is 2. The van der Waals surface area contributed by atoms with Crippen molar-refractivity contribution in [3.63, 3.8) is 0 Å². The number of methoxy groups -OCH3 is 1. The highest BCUT2D eigenvalue weighted by Gasteiger charge is 2.30. The van der Waals surface area contributed by atoms with Gasteiger partial charge in [0.25, 0.3) is 0 Å². The highest BCUT2D eigenvalue weighted by molar-refractivity contribution is 6.02. The molecule has 12 nitrogen and oxygen atoms in total. The van der Waals surface area contributed by atoms with Gasteiger partial charge in [-0.25, -0.2) is 15.0 Å². The normalized spacial score (nSPS) is 16.9. The largest absolute Gasteiger partial charge is 0.494 e. The van der Waals surface area contributed by atoms with E-state index in [9.17, 15) is 9.59 Å². The number of pyridine rings is 1. The number of nitrogens with zero attached hydrogens (tertiary/aromatic N) is 6. The summed E-state index contributed by atoms with van der Waals surface area (Å²) in [4.78, 5) is 47.3. The van der Waals surface area contributed by atoms with Crippen LogP contribution in [0, 0.1) is 6.92 Å². The van der Waals surface area contributed by atoms with Crippen LogP contribution in [0.4, 0.5) is 28.7 Å². The second kappa shape index (κ2) is 12.2. The quantitative estimate of drug-likeness (QED) is 0.396. The minimum absolute atomic E-state index is 0.0242. The molecule has 1 atom stereocenters. The number of aromatic nitrogens is 3. The number of anilines is 5. The van der Waals surface area contributed by atoms with Crippen molar-refractivity contribution in [2.75, 3.05) is 60.5 Å². The fraction of sp³-hybridized carbons (Fsp3) is 0.345. The zero-order valence-corrected chi connectivity index (χ0v) is 23.5. The third-order valence-corrected chi connectivity index (χ3v) is 7.19. The lowest BCUT2D eigenvalue weighted by molar-refractivity contribution is -0.129. The minimum atomic E-state index is -0.336. The minimum Gasteiger partial charge on any atom is -0.494 e. The van der Waals surface area contributed by atoms with Gasteiger partial charge in [0.05, 0.1) is 36.8 Å². The van der Waals surface area contributed by atoms with Gasteiger partial charge >= 0.3 is 0 Å². The number of ether oxygens (including phenoxy) is 1. The molecule has 2 N–H and O–H groups in total. The van der Waals surface area contributed by atoms with Crippen LogP contribution in [-0.2, 0) is 14.4 Å². The predicted molar refractivity (Wildman–Crippen MR) is 156 cm³/mol.